The SMILES string of the molecule is CC(C)C[C@@H](NP(=O)(CO[C@H](C)Cn1cnc2c(N)ncnc21)Oc1ccc2c(c1)OCO2)C(=O)OC(C)C. The number of aromatic nitrogens is 4. The van der Waals surface area contributed by atoms with Gasteiger partial charge in [-0.1, -0.05) is 13.8 Å². The quantitative estimate of drug-likeness (QED) is 0.230. The van der Waals surface area contributed by atoms with Crippen molar-refractivity contribution in [3.8, 4) is 17.2 Å². The fourth-order valence-electron chi connectivity index (χ4n) is 4.01. The second kappa shape index (κ2) is 12.2. The van der Waals surface area contributed by atoms with Gasteiger partial charge < -0.3 is 33.8 Å². The van der Waals surface area contributed by atoms with E-state index in [1.54, 1.807) is 42.9 Å². The van der Waals surface area contributed by atoms with Crippen LogP contribution in [0.25, 0.3) is 11.2 Å². The molecule has 0 fully saturated rings. The van der Waals surface area contributed by atoms with E-state index in [4.69, 9.17) is 29.2 Å². The molecule has 0 saturated heterocycles. The van der Waals surface area contributed by atoms with Gasteiger partial charge in [-0.05, 0) is 45.2 Å². The molecule has 0 amide bonds. The number of nitrogen functional groups attached to an aromatic ring is 1. The maximum atomic E-state index is 14.2. The molecule has 0 radical (unpaired) electrons. The summed E-state index contributed by atoms with van der Waals surface area (Å²) in [5.74, 6) is 1.19. The van der Waals surface area contributed by atoms with Crippen molar-refractivity contribution in [1.29, 1.82) is 0 Å². The number of rotatable bonds is 13. The maximum Gasteiger partial charge on any atom is 0.342 e. The Hall–Kier alpha value is -3.41. The first-order valence-electron chi connectivity index (χ1n) is 12.7. The number of hydrogen-bond donors (Lipinski definition) is 2. The van der Waals surface area contributed by atoms with Crippen LogP contribution in [0.1, 0.15) is 41.0 Å². The van der Waals surface area contributed by atoms with E-state index in [0.29, 0.717) is 35.6 Å². The summed E-state index contributed by atoms with van der Waals surface area (Å²) in [6.07, 6.45) is 2.26. The number of imidazole rings is 1. The van der Waals surface area contributed by atoms with E-state index < -0.39 is 25.6 Å². The minimum atomic E-state index is -3.82. The zero-order chi connectivity index (χ0) is 28.2. The number of fused-ring (bicyclic) bond motifs is 2. The van der Waals surface area contributed by atoms with Crippen LogP contribution in [0.5, 0.6) is 17.2 Å². The zero-order valence-corrected chi connectivity index (χ0v) is 23.6. The first-order chi connectivity index (χ1) is 18.5. The van der Waals surface area contributed by atoms with Crippen molar-refractivity contribution in [2.45, 2.75) is 65.8 Å². The molecule has 1 aliphatic heterocycles. The predicted molar refractivity (Wildman–Crippen MR) is 144 cm³/mol. The molecule has 3 N–H and O–H groups in total. The molecular formula is C25H35N6O7P. The molecule has 39 heavy (non-hydrogen) atoms. The van der Waals surface area contributed by atoms with Gasteiger partial charge in [0.05, 0.1) is 25.1 Å². The molecule has 0 aliphatic carbocycles. The number of nitrogens with two attached hydrogens (primary N) is 1. The average molecular weight is 563 g/mol. The number of benzene rings is 1. The third-order valence-electron chi connectivity index (χ3n) is 5.71. The van der Waals surface area contributed by atoms with E-state index in [2.05, 4.69) is 20.0 Å². The van der Waals surface area contributed by atoms with Crippen LogP contribution in [0.4, 0.5) is 5.82 Å². The highest BCUT2D eigenvalue weighted by molar-refractivity contribution is 7.57. The molecule has 212 valence electrons. The van der Waals surface area contributed by atoms with Gasteiger partial charge in [-0.25, -0.2) is 20.0 Å². The highest BCUT2D eigenvalue weighted by Crippen LogP contribution is 2.47. The lowest BCUT2D eigenvalue weighted by molar-refractivity contribution is -0.149. The summed E-state index contributed by atoms with van der Waals surface area (Å²) >= 11 is 0. The molecule has 14 heteroatoms. The lowest BCUT2D eigenvalue weighted by atomic mass is 10.0. The van der Waals surface area contributed by atoms with Crippen LogP contribution in [-0.4, -0.2) is 56.9 Å². The summed E-state index contributed by atoms with van der Waals surface area (Å²) in [6, 6.07) is 4.01. The fourth-order valence-corrected chi connectivity index (χ4v) is 5.78. The molecule has 3 aromatic rings. The Morgan fingerprint density at radius 1 is 1.15 bits per heavy atom. The highest BCUT2D eigenvalue weighted by atomic mass is 31.2. The lowest BCUT2D eigenvalue weighted by Crippen LogP contribution is -2.40. The smallest absolute Gasteiger partial charge is 0.342 e. The van der Waals surface area contributed by atoms with Crippen LogP contribution in [0.3, 0.4) is 0 Å². The van der Waals surface area contributed by atoms with Crippen molar-refractivity contribution in [3.63, 3.8) is 0 Å². The molecule has 0 spiro atoms. The molecule has 3 atom stereocenters. The van der Waals surface area contributed by atoms with Gasteiger partial charge in [0.25, 0.3) is 0 Å². The van der Waals surface area contributed by atoms with Gasteiger partial charge in [-0.3, -0.25) is 9.36 Å². The fraction of sp³-hybridized carbons (Fsp3) is 0.520. The number of nitrogens with one attached hydrogen (secondary N) is 1. The highest BCUT2D eigenvalue weighted by Gasteiger charge is 2.35. The Balaban J connectivity index is 1.53. The van der Waals surface area contributed by atoms with Gasteiger partial charge in [0.1, 0.15) is 30.0 Å². The van der Waals surface area contributed by atoms with Crippen molar-refractivity contribution < 1.29 is 32.8 Å². The van der Waals surface area contributed by atoms with Crippen molar-refractivity contribution in [2.75, 3.05) is 18.9 Å². The second-order valence-corrected chi connectivity index (χ2v) is 12.1. The molecule has 0 saturated carbocycles. The Bertz CT molecular complexity index is 1350. The molecule has 3 heterocycles. The van der Waals surface area contributed by atoms with Gasteiger partial charge >= 0.3 is 13.5 Å². The number of nitrogens with zero attached hydrogens (tertiary/aromatic N) is 4. The Morgan fingerprint density at radius 2 is 1.92 bits per heavy atom. The number of carbonyl (C=O) groups is 1. The third-order valence-corrected chi connectivity index (χ3v) is 7.41. The average Bonchev–Trinajstić information content (AvgIpc) is 3.49. The Labute approximate surface area is 226 Å². The van der Waals surface area contributed by atoms with E-state index in [1.807, 2.05) is 20.8 Å². The maximum absolute atomic E-state index is 14.2. The Kier molecular flexibility index (Phi) is 8.94. The molecule has 1 unspecified atom stereocenters. The summed E-state index contributed by atoms with van der Waals surface area (Å²) in [7, 11) is -3.82. The summed E-state index contributed by atoms with van der Waals surface area (Å²) in [4.78, 5) is 25.4. The summed E-state index contributed by atoms with van der Waals surface area (Å²) in [5.41, 5.74) is 6.93. The number of carbonyl (C=O) groups excluding carboxylic acids is 1. The van der Waals surface area contributed by atoms with Crippen LogP contribution < -0.4 is 24.8 Å². The predicted octanol–water partition coefficient (Wildman–Crippen LogP) is 3.73. The first kappa shape index (κ1) is 28.6. The molecule has 4 rings (SSSR count). The van der Waals surface area contributed by atoms with Gasteiger partial charge in [0.15, 0.2) is 23.0 Å². The molecule has 0 bridgehead atoms. The second-order valence-electron chi connectivity index (χ2n) is 10.0. The molecule has 1 aromatic carbocycles. The standard InChI is InChI=1S/C25H35N6O7P/c1-15(2)8-19(25(32)37-16(3)4)30-39(33,38-18-6-7-20-21(9-18)35-13-34-20)14-36-17(5)10-31-12-29-22-23(26)27-11-28-24(22)31/h6-7,9,11-12,15-17,19H,8,10,13-14H2,1-5H3,(H,30,33)(H2,26,27,28)/t17-,19-,39?/m1/s1. The summed E-state index contributed by atoms with van der Waals surface area (Å²) in [6.45, 7) is 9.71. The third kappa shape index (κ3) is 7.37. The van der Waals surface area contributed by atoms with Crippen LogP contribution in [0, 0.1) is 5.92 Å². The van der Waals surface area contributed by atoms with Crippen LogP contribution in [0.15, 0.2) is 30.9 Å². The molecule has 2 aromatic heterocycles. The van der Waals surface area contributed by atoms with Gasteiger partial charge in [0, 0.05) is 6.07 Å². The van der Waals surface area contributed by atoms with E-state index in [9.17, 15) is 9.36 Å². The van der Waals surface area contributed by atoms with Gasteiger partial charge in [-0.15, -0.1) is 0 Å². The van der Waals surface area contributed by atoms with Gasteiger partial charge in [0.2, 0.25) is 6.79 Å². The van der Waals surface area contributed by atoms with E-state index in [0.717, 1.165) is 0 Å². The molecule has 13 nitrogen and oxygen atoms in total. The van der Waals surface area contributed by atoms with Crippen LogP contribution >= 0.6 is 7.52 Å². The minimum absolute atomic E-state index is 0.0896. The first-order valence-corrected chi connectivity index (χ1v) is 14.5. The largest absolute Gasteiger partial charge is 0.462 e. The minimum Gasteiger partial charge on any atom is -0.462 e. The normalized spacial score (nSPS) is 15.9. The number of anilines is 1. The number of hydrogen-bond acceptors (Lipinski definition) is 11. The van der Waals surface area contributed by atoms with E-state index >= 15 is 0 Å². The zero-order valence-electron chi connectivity index (χ0n) is 22.7. The van der Waals surface area contributed by atoms with E-state index in [1.165, 1.54) is 6.33 Å². The number of esters is 1. The van der Waals surface area contributed by atoms with Crippen molar-refractivity contribution in [3.05, 3.63) is 30.9 Å². The number of ether oxygens (including phenoxy) is 4. The van der Waals surface area contributed by atoms with Crippen LogP contribution in [0.2, 0.25) is 0 Å². The summed E-state index contributed by atoms with van der Waals surface area (Å²) < 4.78 is 44.2. The van der Waals surface area contributed by atoms with Gasteiger partial charge in [-0.2, -0.15) is 0 Å². The Morgan fingerprint density at radius 3 is 2.67 bits per heavy atom. The van der Waals surface area contributed by atoms with Crippen molar-refractivity contribution in [2.24, 2.45) is 5.92 Å². The van der Waals surface area contributed by atoms with E-state index in [-0.39, 0.29) is 36.7 Å². The van der Waals surface area contributed by atoms with Crippen molar-refractivity contribution >= 4 is 30.5 Å². The lowest BCUT2D eigenvalue weighted by Gasteiger charge is -2.27. The van der Waals surface area contributed by atoms with Crippen LogP contribution in [-0.2, 0) is 25.4 Å². The topological polar surface area (TPSA) is 162 Å². The summed E-state index contributed by atoms with van der Waals surface area (Å²) in [5, 5.41) is 2.94. The monoisotopic (exact) mass is 562 g/mol. The molecular weight excluding hydrogens is 527 g/mol. The molecule has 1 aliphatic rings. The van der Waals surface area contributed by atoms with Crippen molar-refractivity contribution in [1.82, 2.24) is 24.6 Å².